The highest BCUT2D eigenvalue weighted by atomic mass is 16.6. The smallest absolute Gasteiger partial charge is 0.412 e. The molecule has 1 aromatic rings. The summed E-state index contributed by atoms with van der Waals surface area (Å²) in [7, 11) is 0. The Balaban J connectivity index is 2.71. The van der Waals surface area contributed by atoms with Crippen molar-refractivity contribution >= 4 is 11.8 Å². The minimum absolute atomic E-state index is 0.495. The molecule has 2 N–H and O–H groups in total. The van der Waals surface area contributed by atoms with Gasteiger partial charge in [0.1, 0.15) is 5.60 Å². The Labute approximate surface area is 108 Å². The van der Waals surface area contributed by atoms with E-state index in [2.05, 4.69) is 5.32 Å². The fraction of sp³-hybridized carbons (Fsp3) is 0.500. The van der Waals surface area contributed by atoms with Gasteiger partial charge in [0.05, 0.1) is 6.10 Å². The summed E-state index contributed by atoms with van der Waals surface area (Å²) in [4.78, 5) is 11.6. The van der Waals surface area contributed by atoms with E-state index in [-0.39, 0.29) is 0 Å². The molecule has 0 aliphatic heterocycles. The molecule has 0 saturated heterocycles. The van der Waals surface area contributed by atoms with E-state index in [1.54, 1.807) is 18.2 Å². The molecule has 0 bridgehead atoms. The minimum Gasteiger partial charge on any atom is -0.444 e. The molecule has 0 saturated carbocycles. The third-order valence-corrected chi connectivity index (χ3v) is 2.30. The molecular formula is C14H21NO3. The number of ether oxygens (including phenoxy) is 1. The van der Waals surface area contributed by atoms with Crippen LogP contribution < -0.4 is 5.32 Å². The van der Waals surface area contributed by atoms with Gasteiger partial charge in [-0.3, -0.25) is 5.32 Å². The van der Waals surface area contributed by atoms with Crippen LogP contribution in [-0.4, -0.2) is 16.8 Å². The van der Waals surface area contributed by atoms with Gasteiger partial charge in [-0.2, -0.15) is 0 Å². The Morgan fingerprint density at radius 2 is 2.11 bits per heavy atom. The summed E-state index contributed by atoms with van der Waals surface area (Å²) in [5.74, 6) is 0. The van der Waals surface area contributed by atoms with Crippen molar-refractivity contribution in [2.75, 3.05) is 5.32 Å². The van der Waals surface area contributed by atoms with Gasteiger partial charge >= 0.3 is 6.09 Å². The largest absolute Gasteiger partial charge is 0.444 e. The first-order valence-corrected chi connectivity index (χ1v) is 6.10. The number of aliphatic hydroxyl groups excluding tert-OH is 1. The van der Waals surface area contributed by atoms with Gasteiger partial charge in [-0.15, -0.1) is 0 Å². The molecule has 1 atom stereocenters. The Kier molecular flexibility index (Phi) is 4.73. The number of nitrogens with one attached hydrogen (secondary N) is 1. The summed E-state index contributed by atoms with van der Waals surface area (Å²) in [5, 5.41) is 12.4. The molecule has 0 spiro atoms. The Bertz CT molecular complexity index is 410. The molecule has 4 nitrogen and oxygen atoms in total. The van der Waals surface area contributed by atoms with Crippen LogP contribution in [0.1, 0.15) is 45.8 Å². The molecule has 1 amide bonds. The average molecular weight is 251 g/mol. The van der Waals surface area contributed by atoms with E-state index in [4.69, 9.17) is 4.74 Å². The van der Waals surface area contributed by atoms with Gasteiger partial charge in [-0.25, -0.2) is 4.79 Å². The highest BCUT2D eigenvalue weighted by Crippen LogP contribution is 2.20. The van der Waals surface area contributed by atoms with Crippen LogP contribution in [0.2, 0.25) is 0 Å². The highest BCUT2D eigenvalue weighted by molar-refractivity contribution is 5.84. The molecule has 100 valence electrons. The van der Waals surface area contributed by atoms with Crippen molar-refractivity contribution in [2.24, 2.45) is 0 Å². The molecule has 0 heterocycles. The first kappa shape index (κ1) is 14.5. The lowest BCUT2D eigenvalue weighted by atomic mass is 10.1. The van der Waals surface area contributed by atoms with Crippen LogP contribution in [0.3, 0.4) is 0 Å². The Morgan fingerprint density at radius 1 is 1.44 bits per heavy atom. The second kappa shape index (κ2) is 5.87. The van der Waals surface area contributed by atoms with Crippen molar-refractivity contribution in [1.29, 1.82) is 0 Å². The number of rotatable bonds is 3. The van der Waals surface area contributed by atoms with Crippen LogP contribution in [0.4, 0.5) is 10.5 Å². The molecule has 4 heteroatoms. The minimum atomic E-state index is -0.523. The van der Waals surface area contributed by atoms with Crippen LogP contribution in [-0.2, 0) is 4.74 Å². The van der Waals surface area contributed by atoms with Crippen molar-refractivity contribution in [2.45, 2.75) is 45.8 Å². The summed E-state index contributed by atoms with van der Waals surface area (Å²) in [6.45, 7) is 7.33. The third kappa shape index (κ3) is 4.75. The van der Waals surface area contributed by atoms with Gasteiger partial charge in [0.15, 0.2) is 0 Å². The quantitative estimate of drug-likeness (QED) is 0.864. The number of anilines is 1. The van der Waals surface area contributed by atoms with Crippen molar-refractivity contribution in [3.63, 3.8) is 0 Å². The second-order valence-electron chi connectivity index (χ2n) is 5.18. The first-order chi connectivity index (χ1) is 8.31. The van der Waals surface area contributed by atoms with Gasteiger partial charge in [0.2, 0.25) is 0 Å². The number of hydrogen-bond donors (Lipinski definition) is 2. The number of hydrogen-bond acceptors (Lipinski definition) is 3. The van der Waals surface area contributed by atoms with Crippen LogP contribution in [0.15, 0.2) is 24.3 Å². The van der Waals surface area contributed by atoms with E-state index in [0.29, 0.717) is 12.1 Å². The lowest BCUT2D eigenvalue weighted by Crippen LogP contribution is -2.27. The van der Waals surface area contributed by atoms with E-state index in [1.165, 1.54) is 0 Å². The molecule has 1 unspecified atom stereocenters. The van der Waals surface area contributed by atoms with Gasteiger partial charge in [0, 0.05) is 5.69 Å². The summed E-state index contributed by atoms with van der Waals surface area (Å²) in [5.41, 5.74) is 0.880. The van der Waals surface area contributed by atoms with Crippen molar-refractivity contribution in [3.8, 4) is 0 Å². The number of aliphatic hydroxyl groups is 1. The van der Waals surface area contributed by atoms with Gasteiger partial charge in [0.25, 0.3) is 0 Å². The van der Waals surface area contributed by atoms with E-state index < -0.39 is 17.8 Å². The van der Waals surface area contributed by atoms with Crippen molar-refractivity contribution < 1.29 is 14.6 Å². The predicted octanol–water partition coefficient (Wildman–Crippen LogP) is 3.48. The normalized spacial score (nSPS) is 12.9. The van der Waals surface area contributed by atoms with Crippen molar-refractivity contribution in [3.05, 3.63) is 29.8 Å². The monoisotopic (exact) mass is 251 g/mol. The maximum Gasteiger partial charge on any atom is 0.412 e. The number of benzene rings is 1. The molecule has 0 aliphatic rings. The zero-order valence-corrected chi connectivity index (χ0v) is 11.4. The number of carbonyl (C=O) groups is 1. The van der Waals surface area contributed by atoms with E-state index in [0.717, 1.165) is 5.56 Å². The summed E-state index contributed by atoms with van der Waals surface area (Å²) in [6.07, 6.45) is -0.369. The molecule has 0 fully saturated rings. The molecule has 0 radical (unpaired) electrons. The van der Waals surface area contributed by atoms with Gasteiger partial charge in [-0.1, -0.05) is 19.1 Å². The maximum atomic E-state index is 11.6. The predicted molar refractivity (Wildman–Crippen MR) is 71.5 cm³/mol. The number of carbonyl (C=O) groups excluding carboxylic acids is 1. The summed E-state index contributed by atoms with van der Waals surface area (Å²) in [6, 6.07) is 7.13. The van der Waals surface area contributed by atoms with Crippen molar-refractivity contribution in [1.82, 2.24) is 0 Å². The average Bonchev–Trinajstić information content (AvgIpc) is 2.25. The molecule has 1 rings (SSSR count). The topological polar surface area (TPSA) is 58.6 Å². The van der Waals surface area contributed by atoms with E-state index in [9.17, 15) is 9.90 Å². The Hall–Kier alpha value is -1.55. The SMILES string of the molecule is CCC(O)c1cccc(NC(=O)OC(C)(C)C)c1. The fourth-order valence-electron chi connectivity index (χ4n) is 1.48. The molecule has 18 heavy (non-hydrogen) atoms. The second-order valence-corrected chi connectivity index (χ2v) is 5.18. The molecule has 0 aliphatic carbocycles. The van der Waals surface area contributed by atoms with Crippen LogP contribution in [0.5, 0.6) is 0 Å². The van der Waals surface area contributed by atoms with E-state index in [1.807, 2.05) is 33.8 Å². The van der Waals surface area contributed by atoms with Gasteiger partial charge < -0.3 is 9.84 Å². The lowest BCUT2D eigenvalue weighted by molar-refractivity contribution is 0.0636. The molecule has 0 aromatic heterocycles. The third-order valence-electron chi connectivity index (χ3n) is 2.30. The van der Waals surface area contributed by atoms with Gasteiger partial charge in [-0.05, 0) is 44.9 Å². The molecular weight excluding hydrogens is 230 g/mol. The maximum absolute atomic E-state index is 11.6. The number of amides is 1. The zero-order chi connectivity index (χ0) is 13.8. The Morgan fingerprint density at radius 3 is 2.67 bits per heavy atom. The molecule has 1 aromatic carbocycles. The summed E-state index contributed by atoms with van der Waals surface area (Å²) >= 11 is 0. The van der Waals surface area contributed by atoms with Crippen LogP contribution in [0.25, 0.3) is 0 Å². The lowest BCUT2D eigenvalue weighted by Gasteiger charge is -2.20. The zero-order valence-electron chi connectivity index (χ0n) is 11.4. The first-order valence-electron chi connectivity index (χ1n) is 6.10. The standard InChI is InChI=1S/C14H21NO3/c1-5-12(16)10-7-6-8-11(9-10)15-13(17)18-14(2,3)4/h6-9,12,16H,5H2,1-4H3,(H,15,17). The highest BCUT2D eigenvalue weighted by Gasteiger charge is 2.16. The van der Waals surface area contributed by atoms with Crippen LogP contribution >= 0.6 is 0 Å². The summed E-state index contributed by atoms with van der Waals surface area (Å²) < 4.78 is 5.16. The van der Waals surface area contributed by atoms with E-state index >= 15 is 0 Å². The fourth-order valence-corrected chi connectivity index (χ4v) is 1.48. The van der Waals surface area contributed by atoms with Crippen LogP contribution in [0, 0.1) is 0 Å².